The van der Waals surface area contributed by atoms with Crippen LogP contribution in [0.3, 0.4) is 0 Å². The predicted molar refractivity (Wildman–Crippen MR) is 72.9 cm³/mol. The van der Waals surface area contributed by atoms with E-state index < -0.39 is 0 Å². The summed E-state index contributed by atoms with van der Waals surface area (Å²) in [6.45, 7) is 3.93. The van der Waals surface area contributed by atoms with Gasteiger partial charge >= 0.3 is 0 Å². The molecule has 0 saturated heterocycles. The van der Waals surface area contributed by atoms with Crippen molar-refractivity contribution < 1.29 is 0 Å². The van der Waals surface area contributed by atoms with Crippen LogP contribution in [0.1, 0.15) is 11.3 Å². The van der Waals surface area contributed by atoms with Crippen LogP contribution in [-0.2, 0) is 0 Å². The van der Waals surface area contributed by atoms with Gasteiger partial charge in [-0.25, -0.2) is 4.98 Å². The van der Waals surface area contributed by atoms with E-state index in [4.69, 9.17) is 17.3 Å². The second-order valence-electron chi connectivity index (χ2n) is 4.00. The number of anilines is 3. The largest absolute Gasteiger partial charge is 0.396 e. The van der Waals surface area contributed by atoms with Crippen molar-refractivity contribution in [3.05, 3.63) is 46.6 Å². The van der Waals surface area contributed by atoms with Crippen LogP contribution in [0.2, 0.25) is 5.02 Å². The van der Waals surface area contributed by atoms with Crippen molar-refractivity contribution in [3.63, 3.8) is 0 Å². The highest BCUT2D eigenvalue weighted by Crippen LogP contribution is 2.28. The highest BCUT2D eigenvalue weighted by molar-refractivity contribution is 6.33. The first-order valence-corrected chi connectivity index (χ1v) is 5.70. The van der Waals surface area contributed by atoms with Crippen LogP contribution in [0.15, 0.2) is 30.3 Å². The zero-order valence-corrected chi connectivity index (χ0v) is 10.5. The number of hydrogen-bond donors (Lipinski definition) is 2. The maximum absolute atomic E-state index is 6.11. The van der Waals surface area contributed by atoms with E-state index in [-0.39, 0.29) is 0 Å². The van der Waals surface area contributed by atoms with Crippen LogP contribution in [0.5, 0.6) is 0 Å². The van der Waals surface area contributed by atoms with E-state index in [0.29, 0.717) is 16.5 Å². The SMILES string of the molecule is Cc1ccc(Cl)c(Nc2nc(C)ccc2N)c1. The molecule has 2 aromatic rings. The Morgan fingerprint density at radius 2 is 1.94 bits per heavy atom. The summed E-state index contributed by atoms with van der Waals surface area (Å²) in [4.78, 5) is 4.34. The normalized spacial score (nSPS) is 10.3. The fourth-order valence-electron chi connectivity index (χ4n) is 1.53. The van der Waals surface area contributed by atoms with E-state index in [1.54, 1.807) is 0 Å². The Labute approximate surface area is 106 Å². The topological polar surface area (TPSA) is 50.9 Å². The van der Waals surface area contributed by atoms with Crippen LogP contribution in [0.4, 0.5) is 17.2 Å². The van der Waals surface area contributed by atoms with Crippen molar-refractivity contribution in [1.29, 1.82) is 0 Å². The maximum atomic E-state index is 6.11. The summed E-state index contributed by atoms with van der Waals surface area (Å²) < 4.78 is 0. The molecule has 0 amide bonds. The molecule has 1 heterocycles. The number of rotatable bonds is 2. The summed E-state index contributed by atoms with van der Waals surface area (Å²) in [6, 6.07) is 9.48. The van der Waals surface area contributed by atoms with Crippen LogP contribution in [-0.4, -0.2) is 4.98 Å². The summed E-state index contributed by atoms with van der Waals surface area (Å²) >= 11 is 6.11. The summed E-state index contributed by atoms with van der Waals surface area (Å²) in [5.74, 6) is 0.637. The van der Waals surface area contributed by atoms with E-state index in [1.165, 1.54) is 0 Å². The highest BCUT2D eigenvalue weighted by Gasteiger charge is 2.05. The minimum absolute atomic E-state index is 0.605. The van der Waals surface area contributed by atoms with Gasteiger partial charge in [-0.05, 0) is 43.7 Å². The molecule has 0 saturated carbocycles. The van der Waals surface area contributed by atoms with E-state index in [0.717, 1.165) is 16.9 Å². The van der Waals surface area contributed by atoms with Gasteiger partial charge < -0.3 is 11.1 Å². The molecule has 17 heavy (non-hydrogen) atoms. The van der Waals surface area contributed by atoms with Crippen molar-refractivity contribution in [1.82, 2.24) is 4.98 Å². The minimum atomic E-state index is 0.605. The molecule has 0 bridgehead atoms. The number of nitrogen functional groups attached to an aromatic ring is 1. The minimum Gasteiger partial charge on any atom is -0.396 e. The number of nitrogens with zero attached hydrogens (tertiary/aromatic N) is 1. The molecule has 88 valence electrons. The fraction of sp³-hybridized carbons (Fsp3) is 0.154. The zero-order valence-electron chi connectivity index (χ0n) is 9.79. The fourth-order valence-corrected chi connectivity index (χ4v) is 1.69. The Morgan fingerprint density at radius 1 is 1.18 bits per heavy atom. The van der Waals surface area contributed by atoms with Crippen LogP contribution in [0.25, 0.3) is 0 Å². The maximum Gasteiger partial charge on any atom is 0.153 e. The summed E-state index contributed by atoms with van der Waals surface area (Å²) in [6.07, 6.45) is 0. The zero-order chi connectivity index (χ0) is 12.4. The van der Waals surface area contributed by atoms with Gasteiger partial charge in [-0.2, -0.15) is 0 Å². The predicted octanol–water partition coefficient (Wildman–Crippen LogP) is 3.68. The summed E-state index contributed by atoms with van der Waals surface area (Å²) in [7, 11) is 0. The van der Waals surface area contributed by atoms with E-state index in [1.807, 2.05) is 44.2 Å². The number of halogens is 1. The number of aromatic nitrogens is 1. The van der Waals surface area contributed by atoms with Crippen molar-refractivity contribution in [2.24, 2.45) is 0 Å². The molecule has 0 aliphatic rings. The third kappa shape index (κ3) is 2.68. The van der Waals surface area contributed by atoms with Crippen molar-refractivity contribution in [2.45, 2.75) is 13.8 Å². The molecular weight excluding hydrogens is 234 g/mol. The molecule has 1 aromatic heterocycles. The van der Waals surface area contributed by atoms with E-state index in [9.17, 15) is 0 Å². The van der Waals surface area contributed by atoms with Crippen LogP contribution in [0, 0.1) is 13.8 Å². The van der Waals surface area contributed by atoms with Gasteiger partial charge in [0.25, 0.3) is 0 Å². The van der Waals surface area contributed by atoms with Gasteiger partial charge in [-0.3, -0.25) is 0 Å². The lowest BCUT2D eigenvalue weighted by molar-refractivity contribution is 1.20. The number of benzene rings is 1. The Balaban J connectivity index is 2.37. The Bertz CT molecular complexity index is 503. The molecule has 4 heteroatoms. The smallest absolute Gasteiger partial charge is 0.153 e. The Morgan fingerprint density at radius 3 is 2.71 bits per heavy atom. The third-order valence-electron chi connectivity index (χ3n) is 2.44. The molecule has 0 spiro atoms. The average Bonchev–Trinajstić information content (AvgIpc) is 2.28. The van der Waals surface area contributed by atoms with Crippen molar-refractivity contribution in [3.8, 4) is 0 Å². The first-order chi connectivity index (χ1) is 8.06. The molecule has 0 aliphatic heterocycles. The van der Waals surface area contributed by atoms with Gasteiger partial charge in [-0.1, -0.05) is 17.7 Å². The summed E-state index contributed by atoms with van der Waals surface area (Å²) in [5.41, 5.74) is 9.31. The van der Waals surface area contributed by atoms with E-state index in [2.05, 4.69) is 10.3 Å². The standard InChI is InChI=1S/C13H14ClN3/c1-8-3-5-10(14)12(7-8)17-13-11(15)6-4-9(2)16-13/h3-7H,15H2,1-2H3,(H,16,17). The first kappa shape index (κ1) is 11.7. The number of aryl methyl sites for hydroxylation is 2. The van der Waals surface area contributed by atoms with Crippen LogP contribution >= 0.6 is 11.6 Å². The lowest BCUT2D eigenvalue weighted by Crippen LogP contribution is -2.00. The average molecular weight is 248 g/mol. The molecule has 1 aromatic carbocycles. The quantitative estimate of drug-likeness (QED) is 0.851. The van der Waals surface area contributed by atoms with Gasteiger partial charge in [0.1, 0.15) is 0 Å². The second kappa shape index (κ2) is 4.63. The number of nitrogens with two attached hydrogens (primary N) is 1. The molecule has 3 N–H and O–H groups in total. The first-order valence-electron chi connectivity index (χ1n) is 5.32. The Kier molecular flexibility index (Phi) is 3.20. The molecule has 2 rings (SSSR count). The van der Waals surface area contributed by atoms with Crippen LogP contribution < -0.4 is 11.1 Å². The van der Waals surface area contributed by atoms with E-state index >= 15 is 0 Å². The molecule has 0 radical (unpaired) electrons. The molecular formula is C13H14ClN3. The van der Waals surface area contributed by atoms with Gasteiger partial charge in [-0.15, -0.1) is 0 Å². The lowest BCUT2D eigenvalue weighted by atomic mass is 10.2. The lowest BCUT2D eigenvalue weighted by Gasteiger charge is -2.11. The van der Waals surface area contributed by atoms with Gasteiger partial charge in [0.2, 0.25) is 0 Å². The highest BCUT2D eigenvalue weighted by atomic mass is 35.5. The monoisotopic (exact) mass is 247 g/mol. The number of pyridine rings is 1. The Hall–Kier alpha value is -1.74. The molecule has 0 aliphatic carbocycles. The van der Waals surface area contributed by atoms with Crippen molar-refractivity contribution in [2.75, 3.05) is 11.1 Å². The molecule has 0 fully saturated rings. The molecule has 0 unspecified atom stereocenters. The number of nitrogens with one attached hydrogen (secondary N) is 1. The molecule has 0 atom stereocenters. The number of hydrogen-bond acceptors (Lipinski definition) is 3. The third-order valence-corrected chi connectivity index (χ3v) is 2.77. The van der Waals surface area contributed by atoms with Crippen molar-refractivity contribution >= 4 is 28.8 Å². The summed E-state index contributed by atoms with van der Waals surface area (Å²) in [5, 5.41) is 3.81. The van der Waals surface area contributed by atoms with Gasteiger partial charge in [0.15, 0.2) is 5.82 Å². The molecule has 3 nitrogen and oxygen atoms in total. The van der Waals surface area contributed by atoms with Gasteiger partial charge in [0, 0.05) is 5.69 Å². The second-order valence-corrected chi connectivity index (χ2v) is 4.41. The van der Waals surface area contributed by atoms with Gasteiger partial charge in [0.05, 0.1) is 16.4 Å².